The molecule has 2 rings (SSSR count). The second-order valence-corrected chi connectivity index (χ2v) is 5.61. The van der Waals surface area contributed by atoms with E-state index in [-0.39, 0.29) is 23.1 Å². The van der Waals surface area contributed by atoms with E-state index in [4.69, 9.17) is 0 Å². The quantitative estimate of drug-likeness (QED) is 0.630. The fourth-order valence-corrected chi connectivity index (χ4v) is 2.45. The van der Waals surface area contributed by atoms with E-state index < -0.39 is 0 Å². The lowest BCUT2D eigenvalue weighted by atomic mass is 10.0. The van der Waals surface area contributed by atoms with E-state index in [1.807, 2.05) is 30.3 Å². The van der Waals surface area contributed by atoms with E-state index in [2.05, 4.69) is 22.2 Å². The molecule has 21 heavy (non-hydrogen) atoms. The summed E-state index contributed by atoms with van der Waals surface area (Å²) in [5.41, 5.74) is 0.977. The predicted octanol–water partition coefficient (Wildman–Crippen LogP) is 1.78. The van der Waals surface area contributed by atoms with Gasteiger partial charge in [0.15, 0.2) is 5.16 Å². The molecule has 0 radical (unpaired) electrons. The zero-order valence-corrected chi connectivity index (χ0v) is 12.5. The highest BCUT2D eigenvalue weighted by atomic mass is 32.2. The highest BCUT2D eigenvalue weighted by molar-refractivity contribution is 7.99. The van der Waals surface area contributed by atoms with Crippen molar-refractivity contribution in [3.63, 3.8) is 0 Å². The Hall–Kier alpha value is -2.08. The fraction of sp³-hybridized carbons (Fsp3) is 0.267. The predicted molar refractivity (Wildman–Crippen MR) is 83.4 cm³/mol. The maximum absolute atomic E-state index is 11.8. The standard InChI is InChI=1S/C15H17N3O2S/c1-11(12-5-3-2-4-6-12)9-17-14(20)10-21-15-16-8-7-13(19)18-15/h2-8,11H,9-10H2,1H3,(H,17,20)(H,16,18,19)/t11-/m0/s1. The largest absolute Gasteiger partial charge is 0.355 e. The Morgan fingerprint density at radius 3 is 2.81 bits per heavy atom. The van der Waals surface area contributed by atoms with Gasteiger partial charge in [-0.2, -0.15) is 0 Å². The van der Waals surface area contributed by atoms with E-state index in [1.54, 1.807) is 0 Å². The molecule has 1 aromatic carbocycles. The second-order valence-electron chi connectivity index (χ2n) is 4.64. The van der Waals surface area contributed by atoms with Gasteiger partial charge < -0.3 is 10.3 Å². The van der Waals surface area contributed by atoms with Crippen LogP contribution in [0.1, 0.15) is 18.4 Å². The number of rotatable bonds is 6. The molecule has 110 valence electrons. The summed E-state index contributed by atoms with van der Waals surface area (Å²) in [4.78, 5) is 29.4. The molecule has 0 aliphatic heterocycles. The molecule has 1 amide bonds. The van der Waals surface area contributed by atoms with Gasteiger partial charge in [-0.05, 0) is 11.5 Å². The monoisotopic (exact) mass is 303 g/mol. The third-order valence-corrected chi connectivity index (χ3v) is 3.85. The topological polar surface area (TPSA) is 74.8 Å². The lowest BCUT2D eigenvalue weighted by molar-refractivity contribution is -0.118. The van der Waals surface area contributed by atoms with E-state index in [1.165, 1.54) is 29.6 Å². The maximum Gasteiger partial charge on any atom is 0.251 e. The van der Waals surface area contributed by atoms with Gasteiger partial charge in [-0.25, -0.2) is 4.98 Å². The molecule has 0 aliphatic rings. The minimum Gasteiger partial charge on any atom is -0.355 e. The van der Waals surface area contributed by atoms with Crippen LogP contribution in [-0.2, 0) is 4.79 Å². The number of benzene rings is 1. The maximum atomic E-state index is 11.8. The number of hydrogen-bond acceptors (Lipinski definition) is 4. The average Bonchev–Trinajstić information content (AvgIpc) is 2.51. The van der Waals surface area contributed by atoms with Gasteiger partial charge in [0.25, 0.3) is 5.56 Å². The van der Waals surface area contributed by atoms with E-state index in [0.717, 1.165) is 0 Å². The third-order valence-electron chi connectivity index (χ3n) is 2.96. The molecule has 6 heteroatoms. The Morgan fingerprint density at radius 2 is 2.10 bits per heavy atom. The van der Waals surface area contributed by atoms with Crippen LogP contribution in [0.15, 0.2) is 52.5 Å². The summed E-state index contributed by atoms with van der Waals surface area (Å²) in [6.07, 6.45) is 1.43. The van der Waals surface area contributed by atoms with Crippen molar-refractivity contribution in [3.05, 3.63) is 58.5 Å². The van der Waals surface area contributed by atoms with Gasteiger partial charge in [0.2, 0.25) is 5.91 Å². The summed E-state index contributed by atoms with van der Waals surface area (Å²) in [6, 6.07) is 11.4. The van der Waals surface area contributed by atoms with Crippen LogP contribution in [0.4, 0.5) is 0 Å². The van der Waals surface area contributed by atoms with E-state index >= 15 is 0 Å². The molecule has 1 aromatic heterocycles. The normalized spacial score (nSPS) is 11.9. The number of aromatic amines is 1. The van der Waals surface area contributed by atoms with Crippen molar-refractivity contribution in [2.45, 2.75) is 18.0 Å². The minimum absolute atomic E-state index is 0.0747. The van der Waals surface area contributed by atoms with Crippen LogP contribution in [-0.4, -0.2) is 28.2 Å². The molecule has 0 spiro atoms. The zero-order chi connectivity index (χ0) is 15.1. The molecule has 0 saturated carbocycles. The number of thioether (sulfide) groups is 1. The molecule has 0 bridgehead atoms. The minimum atomic E-state index is -0.217. The van der Waals surface area contributed by atoms with Crippen LogP contribution < -0.4 is 10.9 Å². The number of amides is 1. The SMILES string of the molecule is C[C@@H](CNC(=O)CSc1nccc(=O)[nH]1)c1ccccc1. The molecule has 0 saturated heterocycles. The van der Waals surface area contributed by atoms with Gasteiger partial charge in [0.1, 0.15) is 0 Å². The van der Waals surface area contributed by atoms with Gasteiger partial charge >= 0.3 is 0 Å². The van der Waals surface area contributed by atoms with Gasteiger partial charge in [-0.1, -0.05) is 49.0 Å². The summed E-state index contributed by atoms with van der Waals surface area (Å²) in [6.45, 7) is 2.65. The Morgan fingerprint density at radius 1 is 1.33 bits per heavy atom. The van der Waals surface area contributed by atoms with Crippen LogP contribution in [0.25, 0.3) is 0 Å². The summed E-state index contributed by atoms with van der Waals surface area (Å²) in [7, 11) is 0. The smallest absolute Gasteiger partial charge is 0.251 e. The van der Waals surface area contributed by atoms with Crippen LogP contribution >= 0.6 is 11.8 Å². The lowest BCUT2D eigenvalue weighted by Gasteiger charge is -2.12. The fourth-order valence-electron chi connectivity index (χ4n) is 1.78. The molecule has 0 fully saturated rings. The summed E-state index contributed by atoms with van der Waals surface area (Å²) in [5.74, 6) is 0.415. The molecule has 0 aliphatic carbocycles. The molecular formula is C15H17N3O2S. The highest BCUT2D eigenvalue weighted by Crippen LogP contribution is 2.13. The average molecular weight is 303 g/mol. The number of aromatic nitrogens is 2. The highest BCUT2D eigenvalue weighted by Gasteiger charge is 2.08. The van der Waals surface area contributed by atoms with Crippen LogP contribution in [0.5, 0.6) is 0 Å². The molecule has 2 N–H and O–H groups in total. The number of nitrogens with one attached hydrogen (secondary N) is 2. The molecule has 5 nitrogen and oxygen atoms in total. The Labute approximate surface area is 127 Å². The number of carbonyl (C=O) groups excluding carboxylic acids is 1. The number of hydrogen-bond donors (Lipinski definition) is 2. The Balaban J connectivity index is 1.76. The van der Waals surface area contributed by atoms with Gasteiger partial charge in [-0.15, -0.1) is 0 Å². The Kier molecular flexibility index (Phi) is 5.57. The van der Waals surface area contributed by atoms with Crippen LogP contribution in [0, 0.1) is 0 Å². The van der Waals surface area contributed by atoms with Crippen LogP contribution in [0.2, 0.25) is 0 Å². The van der Waals surface area contributed by atoms with Crippen molar-refractivity contribution >= 4 is 17.7 Å². The number of carbonyl (C=O) groups is 1. The second kappa shape index (κ2) is 7.64. The van der Waals surface area contributed by atoms with E-state index in [0.29, 0.717) is 11.7 Å². The third kappa shape index (κ3) is 5.07. The van der Waals surface area contributed by atoms with Crippen molar-refractivity contribution in [3.8, 4) is 0 Å². The molecule has 2 aromatic rings. The summed E-state index contributed by atoms with van der Waals surface area (Å²) < 4.78 is 0. The molecule has 1 atom stereocenters. The van der Waals surface area contributed by atoms with Crippen molar-refractivity contribution < 1.29 is 4.79 Å². The first-order valence-corrected chi connectivity index (χ1v) is 7.63. The first kappa shape index (κ1) is 15.3. The number of nitrogens with zero attached hydrogens (tertiary/aromatic N) is 1. The molecular weight excluding hydrogens is 286 g/mol. The van der Waals surface area contributed by atoms with Crippen molar-refractivity contribution in [1.29, 1.82) is 0 Å². The first-order chi connectivity index (χ1) is 10.1. The van der Waals surface area contributed by atoms with Crippen molar-refractivity contribution in [2.24, 2.45) is 0 Å². The van der Waals surface area contributed by atoms with Crippen LogP contribution in [0.3, 0.4) is 0 Å². The first-order valence-electron chi connectivity index (χ1n) is 6.65. The van der Waals surface area contributed by atoms with Gasteiger partial charge in [-0.3, -0.25) is 9.59 Å². The summed E-state index contributed by atoms with van der Waals surface area (Å²) in [5, 5.41) is 3.34. The number of H-pyrrole nitrogens is 1. The summed E-state index contributed by atoms with van der Waals surface area (Å²) >= 11 is 1.21. The van der Waals surface area contributed by atoms with E-state index in [9.17, 15) is 9.59 Å². The van der Waals surface area contributed by atoms with Gasteiger partial charge in [0.05, 0.1) is 5.75 Å². The zero-order valence-electron chi connectivity index (χ0n) is 11.7. The molecule has 0 unspecified atom stereocenters. The molecule has 1 heterocycles. The Bertz CT molecular complexity index is 643. The van der Waals surface area contributed by atoms with Crippen molar-refractivity contribution in [2.75, 3.05) is 12.3 Å². The van der Waals surface area contributed by atoms with Gasteiger partial charge in [0, 0.05) is 18.8 Å². The lowest BCUT2D eigenvalue weighted by Crippen LogP contribution is -2.29. The van der Waals surface area contributed by atoms with Crippen molar-refractivity contribution in [1.82, 2.24) is 15.3 Å².